The minimum atomic E-state index is -4.64. The van der Waals surface area contributed by atoms with Crippen LogP contribution < -0.4 is 0 Å². The van der Waals surface area contributed by atoms with Gasteiger partial charge in [-0.15, -0.1) is 0 Å². The molecule has 4 rings (SSSR count). The summed E-state index contributed by atoms with van der Waals surface area (Å²) in [7, 11) is 0. The standard InChI is InChI=1S/C19H15ClF3N5O/c1-10-16-12(17(25-9-24-16)14-5-7-26-27-14)6-8-28(10)18(29)11-3-2-4-13(15(11)20)19(21,22)23/h2-5,7,9-10H,6,8H2,1H3,(H,26,27)/t10-/m1/s1. The molecule has 29 heavy (non-hydrogen) atoms. The van der Waals surface area contributed by atoms with Gasteiger partial charge in [0.05, 0.1) is 39.3 Å². The lowest BCUT2D eigenvalue weighted by atomic mass is 9.95. The highest BCUT2D eigenvalue weighted by Gasteiger charge is 2.37. The van der Waals surface area contributed by atoms with E-state index in [1.54, 1.807) is 19.2 Å². The molecule has 1 atom stereocenters. The third-order valence-corrected chi connectivity index (χ3v) is 5.40. The van der Waals surface area contributed by atoms with Crippen molar-refractivity contribution in [3.05, 3.63) is 64.2 Å². The predicted octanol–water partition coefficient (Wildman–Crippen LogP) is 4.30. The molecule has 2 aromatic heterocycles. The normalized spacial score (nSPS) is 16.6. The highest BCUT2D eigenvalue weighted by molar-refractivity contribution is 6.34. The summed E-state index contributed by atoms with van der Waals surface area (Å²) >= 11 is 5.94. The number of nitrogens with one attached hydrogen (secondary N) is 1. The minimum Gasteiger partial charge on any atom is -0.330 e. The summed E-state index contributed by atoms with van der Waals surface area (Å²) in [5.41, 5.74) is 1.74. The number of amides is 1. The van der Waals surface area contributed by atoms with Crippen LogP contribution in [0.4, 0.5) is 13.2 Å². The van der Waals surface area contributed by atoms with Crippen molar-refractivity contribution in [3.8, 4) is 11.4 Å². The van der Waals surface area contributed by atoms with Gasteiger partial charge in [-0.1, -0.05) is 17.7 Å². The summed E-state index contributed by atoms with van der Waals surface area (Å²) in [6.45, 7) is 2.08. The highest BCUT2D eigenvalue weighted by Crippen LogP contribution is 2.38. The van der Waals surface area contributed by atoms with Crippen LogP contribution in [0.15, 0.2) is 36.8 Å². The van der Waals surface area contributed by atoms with E-state index < -0.39 is 28.7 Å². The van der Waals surface area contributed by atoms with E-state index in [2.05, 4.69) is 20.2 Å². The van der Waals surface area contributed by atoms with Crippen LogP contribution in [-0.4, -0.2) is 37.5 Å². The molecular formula is C19H15ClF3N5O. The quantitative estimate of drug-likeness (QED) is 0.669. The summed E-state index contributed by atoms with van der Waals surface area (Å²) in [6, 6.07) is 4.67. The van der Waals surface area contributed by atoms with Crippen molar-refractivity contribution in [1.82, 2.24) is 25.1 Å². The number of H-pyrrole nitrogens is 1. The molecule has 1 aliphatic rings. The molecular weight excluding hydrogens is 407 g/mol. The monoisotopic (exact) mass is 421 g/mol. The number of carbonyl (C=O) groups is 1. The Kier molecular flexibility index (Phi) is 4.77. The zero-order chi connectivity index (χ0) is 20.8. The Labute approximate surface area is 168 Å². The molecule has 150 valence electrons. The van der Waals surface area contributed by atoms with Crippen LogP contribution in [0.3, 0.4) is 0 Å². The number of aromatic nitrogens is 4. The minimum absolute atomic E-state index is 0.181. The first-order chi connectivity index (χ1) is 13.8. The first-order valence-corrected chi connectivity index (χ1v) is 9.17. The molecule has 0 unspecified atom stereocenters. The van der Waals surface area contributed by atoms with Gasteiger partial charge in [-0.3, -0.25) is 9.89 Å². The maximum Gasteiger partial charge on any atom is 0.417 e. The summed E-state index contributed by atoms with van der Waals surface area (Å²) in [5.74, 6) is -0.569. The lowest BCUT2D eigenvalue weighted by Crippen LogP contribution is -2.40. The van der Waals surface area contributed by atoms with Gasteiger partial charge in [-0.25, -0.2) is 9.97 Å². The summed E-state index contributed by atoms with van der Waals surface area (Å²) in [5, 5.41) is 6.20. The van der Waals surface area contributed by atoms with Crippen molar-refractivity contribution >= 4 is 17.5 Å². The SMILES string of the molecule is C[C@@H]1c2ncnc(-c3ccn[nH]3)c2CCN1C(=O)c1cccc(C(F)(F)F)c1Cl. The Morgan fingerprint density at radius 3 is 2.76 bits per heavy atom. The van der Waals surface area contributed by atoms with Crippen molar-refractivity contribution in [1.29, 1.82) is 0 Å². The number of nitrogens with zero attached hydrogens (tertiary/aromatic N) is 4. The lowest BCUT2D eigenvalue weighted by molar-refractivity contribution is -0.137. The van der Waals surface area contributed by atoms with E-state index in [0.29, 0.717) is 24.4 Å². The van der Waals surface area contributed by atoms with E-state index in [-0.39, 0.29) is 5.56 Å². The second kappa shape index (κ2) is 7.14. The molecule has 3 aromatic rings. The fourth-order valence-corrected chi connectivity index (χ4v) is 3.89. The van der Waals surface area contributed by atoms with Gasteiger partial charge in [-0.2, -0.15) is 18.3 Å². The zero-order valence-electron chi connectivity index (χ0n) is 15.2. The van der Waals surface area contributed by atoms with Gasteiger partial charge >= 0.3 is 6.18 Å². The molecule has 3 heterocycles. The fraction of sp³-hybridized carbons (Fsp3) is 0.263. The van der Waals surface area contributed by atoms with Crippen LogP contribution in [0.2, 0.25) is 5.02 Å². The molecule has 6 nitrogen and oxygen atoms in total. The average molecular weight is 422 g/mol. The molecule has 1 amide bonds. The Morgan fingerprint density at radius 2 is 2.07 bits per heavy atom. The number of benzene rings is 1. The van der Waals surface area contributed by atoms with Crippen LogP contribution in [0.1, 0.15) is 40.1 Å². The van der Waals surface area contributed by atoms with E-state index in [0.717, 1.165) is 17.3 Å². The number of aromatic amines is 1. The van der Waals surface area contributed by atoms with Crippen molar-refractivity contribution in [2.24, 2.45) is 0 Å². The third kappa shape index (κ3) is 3.35. The second-order valence-electron chi connectivity index (χ2n) is 6.65. The Hall–Kier alpha value is -2.94. The number of fused-ring (bicyclic) bond motifs is 1. The van der Waals surface area contributed by atoms with Gasteiger partial charge in [0.25, 0.3) is 5.91 Å². The van der Waals surface area contributed by atoms with Crippen molar-refractivity contribution < 1.29 is 18.0 Å². The lowest BCUT2D eigenvalue weighted by Gasteiger charge is -2.35. The van der Waals surface area contributed by atoms with Crippen LogP contribution in [0.25, 0.3) is 11.4 Å². The van der Waals surface area contributed by atoms with Gasteiger partial charge in [0.15, 0.2) is 0 Å². The molecule has 10 heteroatoms. The molecule has 1 N–H and O–H groups in total. The highest BCUT2D eigenvalue weighted by atomic mass is 35.5. The number of alkyl halides is 3. The Bertz CT molecular complexity index is 1070. The first-order valence-electron chi connectivity index (χ1n) is 8.79. The van der Waals surface area contributed by atoms with E-state index >= 15 is 0 Å². The van der Waals surface area contributed by atoms with Gasteiger partial charge in [0, 0.05) is 18.3 Å². The molecule has 0 saturated carbocycles. The van der Waals surface area contributed by atoms with E-state index in [4.69, 9.17) is 11.6 Å². The third-order valence-electron chi connectivity index (χ3n) is 5.00. The maximum absolute atomic E-state index is 13.2. The van der Waals surface area contributed by atoms with Gasteiger partial charge < -0.3 is 4.90 Å². The van der Waals surface area contributed by atoms with E-state index in [1.807, 2.05) is 0 Å². The van der Waals surface area contributed by atoms with Crippen LogP contribution >= 0.6 is 11.6 Å². The van der Waals surface area contributed by atoms with Crippen LogP contribution in [0, 0.1) is 0 Å². The number of halogens is 4. The zero-order valence-corrected chi connectivity index (χ0v) is 15.9. The number of carbonyl (C=O) groups excluding carboxylic acids is 1. The molecule has 0 bridgehead atoms. The number of hydrogen-bond donors (Lipinski definition) is 1. The Balaban J connectivity index is 1.70. The van der Waals surface area contributed by atoms with E-state index in [9.17, 15) is 18.0 Å². The van der Waals surface area contributed by atoms with Crippen LogP contribution in [-0.2, 0) is 12.6 Å². The summed E-state index contributed by atoms with van der Waals surface area (Å²) in [4.78, 5) is 23.2. The van der Waals surface area contributed by atoms with Crippen molar-refractivity contribution in [3.63, 3.8) is 0 Å². The summed E-state index contributed by atoms with van der Waals surface area (Å²) in [6.07, 6.45) is -1.17. The van der Waals surface area contributed by atoms with Crippen LogP contribution in [0.5, 0.6) is 0 Å². The van der Waals surface area contributed by atoms with Gasteiger partial charge in [0.1, 0.15) is 6.33 Å². The maximum atomic E-state index is 13.2. The Morgan fingerprint density at radius 1 is 1.28 bits per heavy atom. The molecule has 1 aliphatic heterocycles. The number of rotatable bonds is 2. The molecule has 0 spiro atoms. The van der Waals surface area contributed by atoms with Gasteiger partial charge in [-0.05, 0) is 31.5 Å². The molecule has 0 aliphatic carbocycles. The number of hydrogen-bond acceptors (Lipinski definition) is 4. The largest absolute Gasteiger partial charge is 0.417 e. The molecule has 0 radical (unpaired) electrons. The molecule has 1 aromatic carbocycles. The van der Waals surface area contributed by atoms with Crippen molar-refractivity contribution in [2.75, 3.05) is 6.54 Å². The molecule has 0 fully saturated rings. The topological polar surface area (TPSA) is 74.8 Å². The smallest absolute Gasteiger partial charge is 0.330 e. The van der Waals surface area contributed by atoms with E-state index in [1.165, 1.54) is 23.4 Å². The second-order valence-corrected chi connectivity index (χ2v) is 7.02. The predicted molar refractivity (Wildman–Crippen MR) is 99.2 cm³/mol. The van der Waals surface area contributed by atoms with Crippen molar-refractivity contribution in [2.45, 2.75) is 25.6 Å². The average Bonchev–Trinajstić information content (AvgIpc) is 3.21. The van der Waals surface area contributed by atoms with Gasteiger partial charge in [0.2, 0.25) is 0 Å². The molecule has 0 saturated heterocycles. The fourth-order valence-electron chi connectivity index (χ4n) is 3.57. The first kappa shape index (κ1) is 19.4. The summed E-state index contributed by atoms with van der Waals surface area (Å²) < 4.78 is 39.5.